The molecular weight excluding hydrogens is 260 g/mol. The molecule has 20 heavy (non-hydrogen) atoms. The molecule has 0 saturated heterocycles. The normalized spacial score (nSPS) is 12.8. The predicted octanol–water partition coefficient (Wildman–Crippen LogP) is -0.500. The maximum Gasteiger partial charge on any atom is 0.332 e. The minimum Gasteiger partial charge on any atom is -0.354 e. The van der Waals surface area contributed by atoms with Gasteiger partial charge in [-0.25, -0.2) is 4.79 Å². The van der Waals surface area contributed by atoms with Gasteiger partial charge in [-0.3, -0.25) is 13.9 Å². The first-order valence-electron chi connectivity index (χ1n) is 6.60. The molecule has 110 valence electrons. The van der Waals surface area contributed by atoms with Gasteiger partial charge in [-0.2, -0.15) is 4.98 Å². The summed E-state index contributed by atoms with van der Waals surface area (Å²) in [5, 5.41) is 3.06. The molecule has 4 N–H and O–H groups in total. The zero-order chi connectivity index (χ0) is 14.9. The van der Waals surface area contributed by atoms with Crippen molar-refractivity contribution in [3.63, 3.8) is 0 Å². The van der Waals surface area contributed by atoms with Crippen molar-refractivity contribution >= 4 is 17.1 Å². The average Bonchev–Trinajstić information content (AvgIpc) is 2.85. The summed E-state index contributed by atoms with van der Waals surface area (Å²) in [6, 6.07) is 0.0277. The second kappa shape index (κ2) is 5.49. The number of aromatic nitrogens is 4. The topological polar surface area (TPSA) is 111 Å². The molecule has 0 aliphatic rings. The van der Waals surface area contributed by atoms with E-state index in [4.69, 9.17) is 5.73 Å². The Morgan fingerprint density at radius 3 is 2.70 bits per heavy atom. The Bertz CT molecular complexity index is 726. The number of nitrogens with zero attached hydrogens (tertiary/aromatic N) is 3. The third-order valence-corrected chi connectivity index (χ3v) is 3.29. The van der Waals surface area contributed by atoms with Crippen LogP contribution in [0.4, 0.5) is 5.95 Å². The number of aryl methyl sites for hydroxylation is 1. The van der Waals surface area contributed by atoms with Gasteiger partial charge in [-0.1, -0.05) is 13.3 Å². The van der Waals surface area contributed by atoms with Gasteiger partial charge in [-0.15, -0.1) is 0 Å². The molecule has 1 unspecified atom stereocenters. The minimum absolute atomic E-state index is 0.0277. The van der Waals surface area contributed by atoms with Gasteiger partial charge < -0.3 is 16.0 Å². The molecule has 8 nitrogen and oxygen atoms in total. The van der Waals surface area contributed by atoms with Crippen molar-refractivity contribution in [3.8, 4) is 0 Å². The Kier molecular flexibility index (Phi) is 3.93. The second-order valence-electron chi connectivity index (χ2n) is 4.92. The van der Waals surface area contributed by atoms with E-state index in [2.05, 4.69) is 22.2 Å². The first-order chi connectivity index (χ1) is 9.45. The number of hydrogen-bond acceptors (Lipinski definition) is 5. The molecule has 1 atom stereocenters. The molecule has 0 saturated carbocycles. The zero-order valence-electron chi connectivity index (χ0n) is 11.9. The molecule has 0 aliphatic heterocycles. The van der Waals surface area contributed by atoms with E-state index in [1.807, 2.05) is 0 Å². The van der Waals surface area contributed by atoms with Crippen LogP contribution in [-0.4, -0.2) is 31.7 Å². The summed E-state index contributed by atoms with van der Waals surface area (Å²) in [5.74, 6) is 0.449. The molecule has 0 spiro atoms. The molecule has 0 aromatic carbocycles. The minimum atomic E-state index is -0.400. The van der Waals surface area contributed by atoms with Crippen LogP contribution in [0.1, 0.15) is 19.8 Å². The number of nitrogens with one attached hydrogen (secondary N) is 2. The molecule has 0 aliphatic carbocycles. The largest absolute Gasteiger partial charge is 0.354 e. The Balaban J connectivity index is 2.35. The number of fused-ring (bicyclic) bond motifs is 1. The van der Waals surface area contributed by atoms with E-state index in [1.54, 1.807) is 7.05 Å². The zero-order valence-corrected chi connectivity index (χ0v) is 11.9. The van der Waals surface area contributed by atoms with Crippen molar-refractivity contribution in [3.05, 3.63) is 20.8 Å². The van der Waals surface area contributed by atoms with Crippen LogP contribution in [0.3, 0.4) is 0 Å². The lowest BCUT2D eigenvalue weighted by Gasteiger charge is -2.10. The van der Waals surface area contributed by atoms with E-state index in [9.17, 15) is 9.59 Å². The smallest absolute Gasteiger partial charge is 0.332 e. The molecule has 2 heterocycles. The Hall–Kier alpha value is -2.09. The van der Waals surface area contributed by atoms with Gasteiger partial charge in [0.25, 0.3) is 5.56 Å². The van der Waals surface area contributed by atoms with Crippen LogP contribution < -0.4 is 22.3 Å². The second-order valence-corrected chi connectivity index (χ2v) is 4.92. The number of nitrogens with two attached hydrogens (primary N) is 1. The summed E-state index contributed by atoms with van der Waals surface area (Å²) >= 11 is 0. The van der Waals surface area contributed by atoms with E-state index < -0.39 is 5.69 Å². The molecule has 0 bridgehead atoms. The van der Waals surface area contributed by atoms with Gasteiger partial charge in [0.2, 0.25) is 5.95 Å². The van der Waals surface area contributed by atoms with Crippen molar-refractivity contribution in [1.29, 1.82) is 0 Å². The van der Waals surface area contributed by atoms with Crippen molar-refractivity contribution < 1.29 is 0 Å². The molecule has 2 aromatic rings. The average molecular weight is 280 g/mol. The lowest BCUT2D eigenvalue weighted by molar-refractivity contribution is 0.625. The molecule has 0 fully saturated rings. The van der Waals surface area contributed by atoms with E-state index in [1.165, 1.54) is 11.6 Å². The summed E-state index contributed by atoms with van der Waals surface area (Å²) in [4.78, 5) is 30.9. The number of aromatic amines is 1. The van der Waals surface area contributed by atoms with Crippen LogP contribution in [-0.2, 0) is 14.1 Å². The van der Waals surface area contributed by atoms with E-state index in [0.29, 0.717) is 23.7 Å². The lowest BCUT2D eigenvalue weighted by Crippen LogP contribution is -2.36. The highest BCUT2D eigenvalue weighted by Crippen LogP contribution is 2.08. The van der Waals surface area contributed by atoms with Crippen LogP contribution in [0.25, 0.3) is 11.2 Å². The monoisotopic (exact) mass is 280 g/mol. The fourth-order valence-electron chi connectivity index (χ4n) is 2.11. The number of imidazole rings is 1. The van der Waals surface area contributed by atoms with Gasteiger partial charge in [0.1, 0.15) is 0 Å². The van der Waals surface area contributed by atoms with Crippen molar-refractivity contribution in [2.24, 2.45) is 19.8 Å². The van der Waals surface area contributed by atoms with E-state index >= 15 is 0 Å². The highest BCUT2D eigenvalue weighted by molar-refractivity contribution is 5.72. The van der Waals surface area contributed by atoms with E-state index in [-0.39, 0.29) is 11.6 Å². The van der Waals surface area contributed by atoms with Crippen LogP contribution in [0, 0.1) is 0 Å². The van der Waals surface area contributed by atoms with Crippen molar-refractivity contribution in [2.45, 2.75) is 25.8 Å². The van der Waals surface area contributed by atoms with Gasteiger partial charge in [0.15, 0.2) is 11.2 Å². The van der Waals surface area contributed by atoms with Crippen molar-refractivity contribution in [1.82, 2.24) is 19.1 Å². The number of hydrogen-bond donors (Lipinski definition) is 3. The van der Waals surface area contributed by atoms with E-state index in [0.717, 1.165) is 17.4 Å². The Labute approximate surface area is 115 Å². The standard InChI is InChI=1S/C12H20N6O2/c1-4-5-7(13)6-14-11-15-8-9(16-11)17(2)12(20)18(3)10(8)19/h7H,4-6,13H2,1-3H3,(H2,14,15,16). The van der Waals surface area contributed by atoms with Crippen LogP contribution in [0.2, 0.25) is 0 Å². The van der Waals surface area contributed by atoms with Crippen molar-refractivity contribution in [2.75, 3.05) is 11.9 Å². The fourth-order valence-corrected chi connectivity index (χ4v) is 2.11. The first kappa shape index (κ1) is 14.3. The molecule has 0 amide bonds. The van der Waals surface area contributed by atoms with Gasteiger partial charge >= 0.3 is 5.69 Å². The maximum atomic E-state index is 12.0. The quantitative estimate of drug-likeness (QED) is 0.684. The van der Waals surface area contributed by atoms with Crippen LogP contribution in [0.5, 0.6) is 0 Å². The molecule has 8 heteroatoms. The summed E-state index contributed by atoms with van der Waals surface area (Å²) in [6.07, 6.45) is 1.92. The number of rotatable bonds is 5. The third kappa shape index (κ3) is 2.46. The van der Waals surface area contributed by atoms with Crippen LogP contribution >= 0.6 is 0 Å². The fraction of sp³-hybridized carbons (Fsp3) is 0.583. The SMILES string of the molecule is CCCC(N)CNc1nc2c([nH]1)c(=O)n(C)c(=O)n2C. The molecule has 2 aromatic heterocycles. The highest BCUT2D eigenvalue weighted by atomic mass is 16.2. The molecule has 0 radical (unpaired) electrons. The van der Waals surface area contributed by atoms with Crippen LogP contribution in [0.15, 0.2) is 9.59 Å². The highest BCUT2D eigenvalue weighted by Gasteiger charge is 2.13. The summed E-state index contributed by atoms with van der Waals surface area (Å²) < 4.78 is 2.39. The molecule has 2 rings (SSSR count). The van der Waals surface area contributed by atoms with Gasteiger partial charge in [0, 0.05) is 26.7 Å². The summed E-state index contributed by atoms with van der Waals surface area (Å²) in [5.41, 5.74) is 5.77. The third-order valence-electron chi connectivity index (χ3n) is 3.29. The Morgan fingerprint density at radius 1 is 1.35 bits per heavy atom. The Morgan fingerprint density at radius 2 is 2.05 bits per heavy atom. The number of H-pyrrole nitrogens is 1. The number of anilines is 1. The lowest BCUT2D eigenvalue weighted by atomic mass is 10.2. The van der Waals surface area contributed by atoms with Gasteiger partial charge in [-0.05, 0) is 6.42 Å². The predicted molar refractivity (Wildman–Crippen MR) is 77.9 cm³/mol. The summed E-state index contributed by atoms with van der Waals surface area (Å²) in [7, 11) is 3.02. The maximum absolute atomic E-state index is 12.0. The van der Waals surface area contributed by atoms with Gasteiger partial charge in [0.05, 0.1) is 0 Å². The summed E-state index contributed by atoms with van der Waals surface area (Å²) in [6.45, 7) is 2.63. The first-order valence-corrected chi connectivity index (χ1v) is 6.60. The molecular formula is C12H20N6O2.